The molecule has 17 heavy (non-hydrogen) atoms. The van der Waals surface area contributed by atoms with E-state index in [-0.39, 0.29) is 17.8 Å². The summed E-state index contributed by atoms with van der Waals surface area (Å²) in [7, 11) is 0. The fourth-order valence-corrected chi connectivity index (χ4v) is 3.00. The SMILES string of the molecule is CCCNC[C@]1(CC(=O)O)CCC[C@@H](C)C1.Cl. The Kier molecular flexibility index (Phi) is 7.80. The Hall–Kier alpha value is -0.280. The smallest absolute Gasteiger partial charge is 0.303 e. The number of halogens is 1. The van der Waals surface area contributed by atoms with Crippen molar-refractivity contribution < 1.29 is 9.90 Å². The first-order chi connectivity index (χ1) is 7.58. The van der Waals surface area contributed by atoms with Gasteiger partial charge in [-0.05, 0) is 37.1 Å². The molecule has 0 aromatic heterocycles. The predicted molar refractivity (Wildman–Crippen MR) is 72.7 cm³/mol. The van der Waals surface area contributed by atoms with Crippen LogP contribution in [0.1, 0.15) is 52.4 Å². The van der Waals surface area contributed by atoms with Gasteiger partial charge in [0.15, 0.2) is 0 Å². The molecule has 4 heteroatoms. The van der Waals surface area contributed by atoms with Crippen LogP contribution in [0.25, 0.3) is 0 Å². The van der Waals surface area contributed by atoms with Gasteiger partial charge >= 0.3 is 5.97 Å². The van der Waals surface area contributed by atoms with E-state index in [2.05, 4.69) is 19.2 Å². The third-order valence-electron chi connectivity index (χ3n) is 3.64. The Labute approximate surface area is 111 Å². The van der Waals surface area contributed by atoms with Gasteiger partial charge in [-0.2, -0.15) is 0 Å². The summed E-state index contributed by atoms with van der Waals surface area (Å²) in [4.78, 5) is 11.0. The number of hydrogen-bond acceptors (Lipinski definition) is 2. The van der Waals surface area contributed by atoms with E-state index >= 15 is 0 Å². The molecule has 0 aromatic carbocycles. The number of carboxylic acid groups (broad SMARTS) is 1. The lowest BCUT2D eigenvalue weighted by atomic mass is 9.68. The van der Waals surface area contributed by atoms with Gasteiger partial charge in [0.2, 0.25) is 0 Å². The van der Waals surface area contributed by atoms with E-state index in [1.54, 1.807) is 0 Å². The van der Waals surface area contributed by atoms with Crippen molar-refractivity contribution in [2.75, 3.05) is 13.1 Å². The second-order valence-corrected chi connectivity index (χ2v) is 5.45. The van der Waals surface area contributed by atoms with E-state index in [0.717, 1.165) is 32.4 Å². The van der Waals surface area contributed by atoms with Crippen molar-refractivity contribution in [3.05, 3.63) is 0 Å². The molecule has 0 heterocycles. The lowest BCUT2D eigenvalue weighted by molar-refractivity contribution is -0.140. The van der Waals surface area contributed by atoms with Gasteiger partial charge in [0.25, 0.3) is 0 Å². The fourth-order valence-electron chi connectivity index (χ4n) is 3.00. The second kappa shape index (κ2) is 7.93. The molecule has 3 nitrogen and oxygen atoms in total. The minimum Gasteiger partial charge on any atom is -0.481 e. The highest BCUT2D eigenvalue weighted by Gasteiger charge is 2.36. The number of carbonyl (C=O) groups is 1. The maximum absolute atomic E-state index is 11.0. The first-order valence-corrected chi connectivity index (χ1v) is 6.50. The number of aliphatic carboxylic acids is 1. The molecule has 0 spiro atoms. The summed E-state index contributed by atoms with van der Waals surface area (Å²) in [5.41, 5.74) is 0.0126. The topological polar surface area (TPSA) is 49.3 Å². The highest BCUT2D eigenvalue weighted by molar-refractivity contribution is 5.85. The quantitative estimate of drug-likeness (QED) is 0.724. The maximum Gasteiger partial charge on any atom is 0.303 e. The molecule has 1 saturated carbocycles. The third kappa shape index (κ3) is 5.73. The van der Waals surface area contributed by atoms with Crippen LogP contribution in [0.3, 0.4) is 0 Å². The van der Waals surface area contributed by atoms with Gasteiger partial charge in [-0.3, -0.25) is 4.79 Å². The van der Waals surface area contributed by atoms with E-state index in [9.17, 15) is 4.79 Å². The van der Waals surface area contributed by atoms with Crippen molar-refractivity contribution in [2.45, 2.75) is 52.4 Å². The van der Waals surface area contributed by atoms with Gasteiger partial charge in [-0.25, -0.2) is 0 Å². The lowest BCUT2D eigenvalue weighted by Crippen LogP contribution is -2.40. The number of hydrogen-bond donors (Lipinski definition) is 2. The predicted octanol–water partition coefficient (Wildman–Crippen LogP) is 3.08. The van der Waals surface area contributed by atoms with Gasteiger partial charge in [-0.15, -0.1) is 12.4 Å². The molecule has 1 fully saturated rings. The summed E-state index contributed by atoms with van der Waals surface area (Å²) >= 11 is 0. The summed E-state index contributed by atoms with van der Waals surface area (Å²) in [5.74, 6) is 0.0314. The Morgan fingerprint density at radius 2 is 2.24 bits per heavy atom. The molecule has 1 aliphatic rings. The van der Waals surface area contributed by atoms with E-state index in [1.165, 1.54) is 12.8 Å². The average Bonchev–Trinajstić information content (AvgIpc) is 2.16. The van der Waals surface area contributed by atoms with Gasteiger partial charge in [0, 0.05) is 6.54 Å². The molecule has 2 N–H and O–H groups in total. The molecule has 0 aliphatic heterocycles. The number of nitrogens with one attached hydrogen (secondary N) is 1. The summed E-state index contributed by atoms with van der Waals surface area (Å²) in [6, 6.07) is 0. The highest BCUT2D eigenvalue weighted by Crippen LogP contribution is 2.41. The van der Waals surface area contributed by atoms with Gasteiger partial charge in [0.05, 0.1) is 6.42 Å². The van der Waals surface area contributed by atoms with Crippen LogP contribution in [-0.4, -0.2) is 24.2 Å². The Bertz CT molecular complexity index is 235. The van der Waals surface area contributed by atoms with Crippen molar-refractivity contribution in [1.82, 2.24) is 5.32 Å². The van der Waals surface area contributed by atoms with E-state index in [4.69, 9.17) is 5.11 Å². The maximum atomic E-state index is 11.0. The molecule has 0 saturated heterocycles. The van der Waals surface area contributed by atoms with E-state index in [0.29, 0.717) is 12.3 Å². The van der Waals surface area contributed by atoms with Crippen LogP contribution < -0.4 is 5.32 Å². The molecular formula is C13H26ClNO2. The van der Waals surface area contributed by atoms with Gasteiger partial charge in [0.1, 0.15) is 0 Å². The normalized spacial score (nSPS) is 28.5. The fraction of sp³-hybridized carbons (Fsp3) is 0.923. The minimum absolute atomic E-state index is 0. The molecule has 0 unspecified atom stereocenters. The van der Waals surface area contributed by atoms with Crippen LogP contribution in [0.5, 0.6) is 0 Å². The van der Waals surface area contributed by atoms with Gasteiger partial charge < -0.3 is 10.4 Å². The Morgan fingerprint density at radius 1 is 1.53 bits per heavy atom. The standard InChI is InChI=1S/C13H25NO2.ClH/c1-3-7-14-10-13(9-12(15)16)6-4-5-11(2)8-13;/h11,14H,3-10H2,1-2H3,(H,15,16);1H/t11-,13-;/m1./s1. The second-order valence-electron chi connectivity index (χ2n) is 5.45. The summed E-state index contributed by atoms with van der Waals surface area (Å²) in [6.07, 6.45) is 6.01. The minimum atomic E-state index is -0.646. The van der Waals surface area contributed by atoms with Crippen molar-refractivity contribution in [3.63, 3.8) is 0 Å². The molecule has 1 rings (SSSR count). The molecule has 2 atom stereocenters. The highest BCUT2D eigenvalue weighted by atomic mass is 35.5. The molecule has 0 bridgehead atoms. The van der Waals surface area contributed by atoms with Crippen molar-refractivity contribution >= 4 is 18.4 Å². The zero-order valence-electron chi connectivity index (χ0n) is 11.0. The van der Waals surface area contributed by atoms with Gasteiger partial charge in [-0.1, -0.05) is 26.7 Å². The Balaban J connectivity index is 0.00000256. The summed E-state index contributed by atoms with van der Waals surface area (Å²) in [6.45, 7) is 6.25. The zero-order valence-corrected chi connectivity index (χ0v) is 11.8. The van der Waals surface area contributed by atoms with Crippen LogP contribution in [0.15, 0.2) is 0 Å². The van der Waals surface area contributed by atoms with Crippen LogP contribution in [0, 0.1) is 11.3 Å². The van der Waals surface area contributed by atoms with Crippen LogP contribution >= 0.6 is 12.4 Å². The van der Waals surface area contributed by atoms with Crippen molar-refractivity contribution in [1.29, 1.82) is 0 Å². The van der Waals surface area contributed by atoms with E-state index < -0.39 is 5.97 Å². The summed E-state index contributed by atoms with van der Waals surface area (Å²) in [5, 5.41) is 12.5. The van der Waals surface area contributed by atoms with Crippen molar-refractivity contribution in [3.8, 4) is 0 Å². The molecular weight excluding hydrogens is 238 g/mol. The lowest BCUT2D eigenvalue weighted by Gasteiger charge is -2.39. The summed E-state index contributed by atoms with van der Waals surface area (Å²) < 4.78 is 0. The Morgan fingerprint density at radius 3 is 2.76 bits per heavy atom. The van der Waals surface area contributed by atoms with Crippen LogP contribution in [-0.2, 0) is 4.79 Å². The zero-order chi connectivity index (χ0) is 12.0. The van der Waals surface area contributed by atoms with E-state index in [1.807, 2.05) is 0 Å². The van der Waals surface area contributed by atoms with Crippen LogP contribution in [0.2, 0.25) is 0 Å². The third-order valence-corrected chi connectivity index (χ3v) is 3.64. The van der Waals surface area contributed by atoms with Crippen molar-refractivity contribution in [2.24, 2.45) is 11.3 Å². The average molecular weight is 264 g/mol. The molecule has 102 valence electrons. The molecule has 0 aromatic rings. The molecule has 1 aliphatic carbocycles. The van der Waals surface area contributed by atoms with Crippen LogP contribution in [0.4, 0.5) is 0 Å². The molecule has 0 amide bonds. The first kappa shape index (κ1) is 16.7. The molecule has 0 radical (unpaired) electrons. The largest absolute Gasteiger partial charge is 0.481 e. The first-order valence-electron chi connectivity index (χ1n) is 6.50. The monoisotopic (exact) mass is 263 g/mol. The number of rotatable bonds is 6. The number of carboxylic acids is 1.